The molecule has 0 bridgehead atoms. The zero-order valence-electron chi connectivity index (χ0n) is 18.6. The quantitative estimate of drug-likeness (QED) is 0.441. The number of pyridine rings is 1. The van der Waals surface area contributed by atoms with E-state index in [1.54, 1.807) is 4.68 Å². The standard InChI is InChI=1S/C24H26F2N6O/c1-3-27-22-11-20-18(13-28-22)24(15-12-29-31(2)14-15)30-32(20)16-7-9-17(10-8-16)33-21-6-4-5-19(25)23(21)26/h4-6,11-14,16-17H,3,7-10H2,1-2H3,(H,27,28). The van der Waals surface area contributed by atoms with Crippen LogP contribution in [0, 0.1) is 11.6 Å². The molecule has 3 aromatic heterocycles. The average Bonchev–Trinajstić information content (AvgIpc) is 3.41. The highest BCUT2D eigenvalue weighted by Gasteiger charge is 2.27. The van der Waals surface area contributed by atoms with Crippen molar-refractivity contribution in [2.24, 2.45) is 7.05 Å². The van der Waals surface area contributed by atoms with Gasteiger partial charge in [0.1, 0.15) is 11.5 Å². The summed E-state index contributed by atoms with van der Waals surface area (Å²) in [6.45, 7) is 2.81. The summed E-state index contributed by atoms with van der Waals surface area (Å²) < 4.78 is 37.2. The highest BCUT2D eigenvalue weighted by atomic mass is 19.2. The number of hydrogen-bond acceptors (Lipinski definition) is 5. The van der Waals surface area contributed by atoms with E-state index in [2.05, 4.69) is 20.1 Å². The van der Waals surface area contributed by atoms with E-state index in [1.165, 1.54) is 12.1 Å². The molecule has 7 nitrogen and oxygen atoms in total. The molecule has 0 saturated heterocycles. The van der Waals surface area contributed by atoms with Gasteiger partial charge < -0.3 is 10.1 Å². The summed E-state index contributed by atoms with van der Waals surface area (Å²) in [5.74, 6) is -1.04. The lowest BCUT2D eigenvalue weighted by atomic mass is 9.93. The molecule has 0 radical (unpaired) electrons. The Bertz CT molecular complexity index is 1280. The summed E-state index contributed by atoms with van der Waals surface area (Å²) in [6.07, 6.45) is 8.57. The Labute approximate surface area is 190 Å². The number of benzene rings is 1. The molecule has 1 saturated carbocycles. The molecule has 5 rings (SSSR count). The van der Waals surface area contributed by atoms with Crippen LogP contribution in [-0.2, 0) is 7.05 Å². The molecular weight excluding hydrogens is 426 g/mol. The molecule has 0 spiro atoms. The Morgan fingerprint density at radius 3 is 2.70 bits per heavy atom. The highest BCUT2D eigenvalue weighted by Crippen LogP contribution is 2.36. The van der Waals surface area contributed by atoms with E-state index in [0.717, 1.165) is 66.3 Å². The van der Waals surface area contributed by atoms with Crippen LogP contribution in [0.5, 0.6) is 5.75 Å². The van der Waals surface area contributed by atoms with E-state index in [-0.39, 0.29) is 17.9 Å². The first-order chi connectivity index (χ1) is 16.0. The van der Waals surface area contributed by atoms with Crippen molar-refractivity contribution in [3.63, 3.8) is 0 Å². The summed E-state index contributed by atoms with van der Waals surface area (Å²) in [5.41, 5.74) is 2.81. The Balaban J connectivity index is 1.41. The van der Waals surface area contributed by atoms with Crippen LogP contribution in [0.3, 0.4) is 0 Å². The van der Waals surface area contributed by atoms with Crippen LogP contribution in [0.2, 0.25) is 0 Å². The normalized spacial score (nSPS) is 18.5. The largest absolute Gasteiger partial charge is 0.487 e. The van der Waals surface area contributed by atoms with Gasteiger partial charge in [0.2, 0.25) is 5.82 Å². The van der Waals surface area contributed by atoms with Crippen molar-refractivity contribution in [1.29, 1.82) is 0 Å². The molecule has 4 aromatic rings. The van der Waals surface area contributed by atoms with Crippen LogP contribution in [0.15, 0.2) is 42.9 Å². The second kappa shape index (κ2) is 8.80. The molecule has 1 N–H and O–H groups in total. The number of aromatic nitrogens is 5. The minimum atomic E-state index is -0.928. The van der Waals surface area contributed by atoms with Gasteiger partial charge in [0.05, 0.1) is 23.9 Å². The first-order valence-electron chi connectivity index (χ1n) is 11.2. The van der Waals surface area contributed by atoms with Gasteiger partial charge in [0, 0.05) is 43.0 Å². The third-order valence-corrected chi connectivity index (χ3v) is 6.13. The van der Waals surface area contributed by atoms with Crippen molar-refractivity contribution in [1.82, 2.24) is 24.5 Å². The number of fused-ring (bicyclic) bond motifs is 1. The number of hydrogen-bond donors (Lipinski definition) is 1. The fourth-order valence-electron chi connectivity index (χ4n) is 4.51. The number of aryl methyl sites for hydroxylation is 1. The summed E-state index contributed by atoms with van der Waals surface area (Å²) >= 11 is 0. The molecule has 1 fully saturated rings. The predicted octanol–water partition coefficient (Wildman–Crippen LogP) is 5.10. The fraction of sp³-hybridized carbons (Fsp3) is 0.375. The molecule has 1 aliphatic rings. The van der Waals surface area contributed by atoms with Gasteiger partial charge in [-0.2, -0.15) is 14.6 Å². The topological polar surface area (TPSA) is 69.8 Å². The van der Waals surface area contributed by atoms with Gasteiger partial charge in [-0.25, -0.2) is 9.37 Å². The zero-order chi connectivity index (χ0) is 22.9. The monoisotopic (exact) mass is 452 g/mol. The van der Waals surface area contributed by atoms with E-state index in [1.807, 2.05) is 38.6 Å². The number of ether oxygens (including phenoxy) is 1. The van der Waals surface area contributed by atoms with Crippen LogP contribution in [-0.4, -0.2) is 37.2 Å². The van der Waals surface area contributed by atoms with Crippen LogP contribution in [0.1, 0.15) is 38.6 Å². The molecule has 172 valence electrons. The van der Waals surface area contributed by atoms with E-state index >= 15 is 0 Å². The Kier molecular flexibility index (Phi) is 5.70. The number of nitrogens with zero attached hydrogens (tertiary/aromatic N) is 5. The molecule has 9 heteroatoms. The van der Waals surface area contributed by atoms with Crippen LogP contribution < -0.4 is 10.1 Å². The van der Waals surface area contributed by atoms with Gasteiger partial charge >= 0.3 is 0 Å². The van der Waals surface area contributed by atoms with Crippen molar-refractivity contribution >= 4 is 16.7 Å². The lowest BCUT2D eigenvalue weighted by Crippen LogP contribution is -2.26. The van der Waals surface area contributed by atoms with Gasteiger partial charge in [-0.3, -0.25) is 9.36 Å². The molecule has 0 atom stereocenters. The Morgan fingerprint density at radius 2 is 1.97 bits per heavy atom. The van der Waals surface area contributed by atoms with Crippen molar-refractivity contribution in [2.75, 3.05) is 11.9 Å². The molecule has 1 aliphatic carbocycles. The van der Waals surface area contributed by atoms with E-state index in [4.69, 9.17) is 9.84 Å². The lowest BCUT2D eigenvalue weighted by Gasteiger charge is -2.29. The summed E-state index contributed by atoms with van der Waals surface area (Å²) in [4.78, 5) is 4.54. The molecule has 0 amide bonds. The fourth-order valence-corrected chi connectivity index (χ4v) is 4.51. The van der Waals surface area contributed by atoms with Gasteiger partial charge in [0.25, 0.3) is 0 Å². The van der Waals surface area contributed by atoms with Crippen molar-refractivity contribution < 1.29 is 13.5 Å². The molecule has 33 heavy (non-hydrogen) atoms. The maximum atomic E-state index is 14.0. The van der Waals surface area contributed by atoms with Crippen molar-refractivity contribution in [3.05, 3.63) is 54.5 Å². The first kappa shape index (κ1) is 21.4. The number of nitrogens with one attached hydrogen (secondary N) is 1. The summed E-state index contributed by atoms with van der Waals surface area (Å²) in [5, 5.41) is 13.5. The SMILES string of the molecule is CCNc1cc2c(cn1)c(-c1cnn(C)c1)nn2C1CCC(Oc2cccc(F)c2F)CC1. The third kappa shape index (κ3) is 4.15. The minimum absolute atomic E-state index is 0.0248. The molecule has 0 unspecified atom stereocenters. The van der Waals surface area contributed by atoms with Gasteiger partial charge in [0.15, 0.2) is 11.6 Å². The van der Waals surface area contributed by atoms with Crippen LogP contribution >= 0.6 is 0 Å². The Hall–Kier alpha value is -3.49. The average molecular weight is 453 g/mol. The van der Waals surface area contributed by atoms with Crippen LogP contribution in [0.4, 0.5) is 14.6 Å². The molecule has 0 aliphatic heterocycles. The zero-order valence-corrected chi connectivity index (χ0v) is 18.6. The van der Waals surface area contributed by atoms with Gasteiger partial charge in [-0.15, -0.1) is 0 Å². The van der Waals surface area contributed by atoms with Crippen LogP contribution in [0.25, 0.3) is 22.2 Å². The maximum absolute atomic E-state index is 14.0. The molecule has 3 heterocycles. The summed E-state index contributed by atoms with van der Waals surface area (Å²) in [6, 6.07) is 6.24. The summed E-state index contributed by atoms with van der Waals surface area (Å²) in [7, 11) is 1.88. The second-order valence-corrected chi connectivity index (χ2v) is 8.41. The van der Waals surface area contributed by atoms with Crippen molar-refractivity contribution in [2.45, 2.75) is 44.8 Å². The number of rotatable bonds is 6. The van der Waals surface area contributed by atoms with E-state index in [0.29, 0.717) is 0 Å². The molecular formula is C24H26F2N6O. The van der Waals surface area contributed by atoms with Crippen molar-refractivity contribution in [3.8, 4) is 17.0 Å². The Morgan fingerprint density at radius 1 is 1.15 bits per heavy atom. The molecule has 1 aromatic carbocycles. The first-order valence-corrected chi connectivity index (χ1v) is 11.2. The predicted molar refractivity (Wildman–Crippen MR) is 122 cm³/mol. The number of anilines is 1. The smallest absolute Gasteiger partial charge is 0.200 e. The van der Waals surface area contributed by atoms with E-state index < -0.39 is 11.6 Å². The van der Waals surface area contributed by atoms with Gasteiger partial charge in [-0.05, 0) is 44.7 Å². The maximum Gasteiger partial charge on any atom is 0.200 e. The minimum Gasteiger partial charge on any atom is -0.487 e. The number of halogens is 2. The third-order valence-electron chi connectivity index (χ3n) is 6.13. The van der Waals surface area contributed by atoms with Gasteiger partial charge in [-0.1, -0.05) is 6.07 Å². The second-order valence-electron chi connectivity index (χ2n) is 8.41. The van der Waals surface area contributed by atoms with E-state index in [9.17, 15) is 8.78 Å². The lowest BCUT2D eigenvalue weighted by molar-refractivity contribution is 0.125. The highest BCUT2D eigenvalue weighted by molar-refractivity contribution is 5.93.